The molecule has 136 valence electrons. The third-order valence-corrected chi connectivity index (χ3v) is 3.56. The van der Waals surface area contributed by atoms with E-state index >= 15 is 0 Å². The van der Waals surface area contributed by atoms with Gasteiger partial charge in [0.25, 0.3) is 5.56 Å². The van der Waals surface area contributed by atoms with Crippen LogP contribution < -0.4 is 10.9 Å². The Morgan fingerprint density at radius 3 is 2.63 bits per heavy atom. The summed E-state index contributed by atoms with van der Waals surface area (Å²) < 4.78 is 14.3. The van der Waals surface area contributed by atoms with Crippen LogP contribution in [-0.4, -0.2) is 25.6 Å². The Hall–Kier alpha value is -3.95. The molecule has 0 bridgehead atoms. The van der Waals surface area contributed by atoms with Gasteiger partial charge < -0.3 is 5.32 Å². The number of nitrogens with one attached hydrogen (secondary N) is 1. The van der Waals surface area contributed by atoms with E-state index in [1.807, 2.05) is 0 Å². The normalized spacial score (nSPS) is 10.4. The number of pyridine rings is 1. The molecular formula is C17H12FN5O4. The lowest BCUT2D eigenvalue weighted by molar-refractivity contribution is -0.387. The monoisotopic (exact) mass is 369 g/mol. The zero-order chi connectivity index (χ0) is 19.4. The number of nitrogens with zero attached hydrogens (tertiary/aromatic N) is 4. The van der Waals surface area contributed by atoms with Crippen LogP contribution in [0.4, 0.5) is 15.8 Å². The van der Waals surface area contributed by atoms with Crippen molar-refractivity contribution in [1.82, 2.24) is 14.8 Å². The van der Waals surface area contributed by atoms with Gasteiger partial charge in [-0.1, -0.05) is 0 Å². The molecule has 2 heterocycles. The number of halogens is 1. The molecule has 0 saturated carbocycles. The van der Waals surface area contributed by atoms with Crippen molar-refractivity contribution in [3.8, 4) is 11.3 Å². The molecule has 27 heavy (non-hydrogen) atoms. The first-order valence-corrected chi connectivity index (χ1v) is 7.66. The van der Waals surface area contributed by atoms with Crippen LogP contribution in [0.2, 0.25) is 0 Å². The van der Waals surface area contributed by atoms with E-state index in [0.717, 1.165) is 16.8 Å². The minimum atomic E-state index is -1.01. The molecule has 0 spiro atoms. The molecule has 3 rings (SSSR count). The molecule has 2 aromatic heterocycles. The second-order valence-electron chi connectivity index (χ2n) is 5.42. The molecule has 1 aromatic carbocycles. The number of rotatable bonds is 5. The summed E-state index contributed by atoms with van der Waals surface area (Å²) in [7, 11) is 0. The number of nitro benzene ring substituents is 1. The molecule has 0 aliphatic rings. The zero-order valence-corrected chi connectivity index (χ0v) is 13.7. The Labute approximate surface area is 151 Å². The van der Waals surface area contributed by atoms with Crippen molar-refractivity contribution < 1.29 is 14.1 Å². The second kappa shape index (κ2) is 7.52. The average Bonchev–Trinajstić information content (AvgIpc) is 2.65. The van der Waals surface area contributed by atoms with Crippen LogP contribution in [0.5, 0.6) is 0 Å². The van der Waals surface area contributed by atoms with Gasteiger partial charge in [-0.15, -0.1) is 0 Å². The number of anilines is 1. The highest BCUT2D eigenvalue weighted by Gasteiger charge is 2.16. The number of benzene rings is 1. The van der Waals surface area contributed by atoms with Gasteiger partial charge in [-0.3, -0.25) is 24.7 Å². The smallest absolute Gasteiger partial charge is 0.306 e. The van der Waals surface area contributed by atoms with Gasteiger partial charge in [-0.25, -0.2) is 4.68 Å². The van der Waals surface area contributed by atoms with E-state index in [2.05, 4.69) is 15.4 Å². The molecule has 0 radical (unpaired) electrons. The Morgan fingerprint density at radius 2 is 1.93 bits per heavy atom. The predicted octanol–water partition coefficient (Wildman–Crippen LogP) is 1.99. The van der Waals surface area contributed by atoms with Crippen LogP contribution in [0.1, 0.15) is 0 Å². The van der Waals surface area contributed by atoms with E-state index < -0.39 is 34.4 Å². The van der Waals surface area contributed by atoms with Crippen molar-refractivity contribution in [3.05, 3.63) is 81.1 Å². The van der Waals surface area contributed by atoms with Crippen molar-refractivity contribution >= 4 is 17.3 Å². The maximum absolute atomic E-state index is 13.3. The van der Waals surface area contributed by atoms with Gasteiger partial charge in [0.1, 0.15) is 6.54 Å². The predicted molar refractivity (Wildman–Crippen MR) is 93.4 cm³/mol. The summed E-state index contributed by atoms with van der Waals surface area (Å²) in [6.07, 6.45) is 3.14. The Balaban J connectivity index is 1.79. The first kappa shape index (κ1) is 17.9. The lowest BCUT2D eigenvalue weighted by Crippen LogP contribution is -2.29. The molecule has 0 atom stereocenters. The summed E-state index contributed by atoms with van der Waals surface area (Å²) in [6.45, 7) is -0.414. The molecule has 9 nitrogen and oxygen atoms in total. The minimum absolute atomic E-state index is 0.0337. The molecule has 0 saturated heterocycles. The largest absolute Gasteiger partial charge is 0.324 e. The topological polar surface area (TPSA) is 120 Å². The van der Waals surface area contributed by atoms with E-state index in [0.29, 0.717) is 11.3 Å². The Kier molecular flexibility index (Phi) is 4.97. The zero-order valence-electron chi connectivity index (χ0n) is 13.7. The van der Waals surface area contributed by atoms with Crippen molar-refractivity contribution in [2.75, 3.05) is 5.32 Å². The first-order chi connectivity index (χ1) is 12.9. The fourth-order valence-corrected chi connectivity index (χ4v) is 2.31. The summed E-state index contributed by atoms with van der Waals surface area (Å²) in [5.41, 5.74) is -0.0298. The Bertz CT molecular complexity index is 1070. The van der Waals surface area contributed by atoms with Crippen LogP contribution in [0.3, 0.4) is 0 Å². The summed E-state index contributed by atoms with van der Waals surface area (Å²) in [6, 6.07) is 9.17. The third-order valence-electron chi connectivity index (χ3n) is 3.56. The third kappa shape index (κ3) is 4.18. The van der Waals surface area contributed by atoms with E-state index in [1.54, 1.807) is 24.5 Å². The summed E-state index contributed by atoms with van der Waals surface area (Å²) >= 11 is 0. The Morgan fingerprint density at radius 1 is 1.19 bits per heavy atom. The van der Waals surface area contributed by atoms with Gasteiger partial charge in [-0.2, -0.15) is 9.49 Å². The van der Waals surface area contributed by atoms with Gasteiger partial charge in [-0.05, 0) is 30.3 Å². The number of amides is 1. The molecule has 0 aliphatic heterocycles. The fourth-order valence-electron chi connectivity index (χ4n) is 2.31. The van der Waals surface area contributed by atoms with Crippen molar-refractivity contribution in [1.29, 1.82) is 0 Å². The molecule has 0 unspecified atom stereocenters. The van der Waals surface area contributed by atoms with E-state index in [1.165, 1.54) is 18.2 Å². The molecular weight excluding hydrogens is 357 g/mol. The van der Waals surface area contributed by atoms with Crippen LogP contribution in [-0.2, 0) is 11.3 Å². The lowest BCUT2D eigenvalue weighted by atomic mass is 10.2. The molecule has 10 heteroatoms. The SMILES string of the molecule is O=C(Cn1nc(-c2ccncc2)ccc1=O)Nc1ccc(F)c([N+](=O)[O-])c1. The summed E-state index contributed by atoms with van der Waals surface area (Å²) in [5.74, 6) is -1.65. The quantitative estimate of drug-likeness (QED) is 0.542. The molecule has 3 aromatic rings. The number of hydrogen-bond donors (Lipinski definition) is 1. The van der Waals surface area contributed by atoms with Crippen molar-refractivity contribution in [3.63, 3.8) is 0 Å². The molecule has 1 N–H and O–H groups in total. The summed E-state index contributed by atoms with van der Waals surface area (Å²) in [4.78, 5) is 37.9. The fraction of sp³-hybridized carbons (Fsp3) is 0.0588. The van der Waals surface area contributed by atoms with Gasteiger partial charge in [0, 0.05) is 35.8 Å². The number of carbonyl (C=O) groups is 1. The average molecular weight is 369 g/mol. The van der Waals surface area contributed by atoms with E-state index in [9.17, 15) is 24.1 Å². The molecule has 0 fully saturated rings. The number of carbonyl (C=O) groups excluding carboxylic acids is 1. The lowest BCUT2D eigenvalue weighted by Gasteiger charge is -2.08. The standard InChI is InChI=1S/C17H12FN5O4/c18-13-2-1-12(9-15(13)23(26)27)20-16(24)10-22-17(25)4-3-14(21-22)11-5-7-19-8-6-11/h1-9H,10H2,(H,20,24). The van der Waals surface area contributed by atoms with Crippen LogP contribution >= 0.6 is 0 Å². The van der Waals surface area contributed by atoms with Gasteiger partial charge in [0.05, 0.1) is 10.6 Å². The second-order valence-corrected chi connectivity index (χ2v) is 5.42. The van der Waals surface area contributed by atoms with Crippen molar-refractivity contribution in [2.45, 2.75) is 6.54 Å². The van der Waals surface area contributed by atoms with Crippen LogP contribution in [0.15, 0.2) is 59.7 Å². The van der Waals surface area contributed by atoms with E-state index in [4.69, 9.17) is 0 Å². The molecule has 0 aliphatic carbocycles. The van der Waals surface area contributed by atoms with Gasteiger partial charge in [0.15, 0.2) is 0 Å². The van der Waals surface area contributed by atoms with Crippen LogP contribution in [0, 0.1) is 15.9 Å². The number of nitro groups is 1. The van der Waals surface area contributed by atoms with Crippen LogP contribution in [0.25, 0.3) is 11.3 Å². The van der Waals surface area contributed by atoms with Gasteiger partial charge in [0.2, 0.25) is 11.7 Å². The molecule has 1 amide bonds. The summed E-state index contributed by atoms with van der Waals surface area (Å²) in [5, 5.41) is 17.3. The number of hydrogen-bond acceptors (Lipinski definition) is 6. The highest BCUT2D eigenvalue weighted by Crippen LogP contribution is 2.21. The highest BCUT2D eigenvalue weighted by atomic mass is 19.1. The number of aromatic nitrogens is 3. The maximum atomic E-state index is 13.3. The van der Waals surface area contributed by atoms with Crippen molar-refractivity contribution in [2.24, 2.45) is 0 Å². The minimum Gasteiger partial charge on any atom is -0.324 e. The van der Waals surface area contributed by atoms with E-state index in [-0.39, 0.29) is 5.69 Å². The first-order valence-electron chi connectivity index (χ1n) is 7.66. The highest BCUT2D eigenvalue weighted by molar-refractivity contribution is 5.90. The van der Waals surface area contributed by atoms with Gasteiger partial charge >= 0.3 is 5.69 Å². The maximum Gasteiger partial charge on any atom is 0.306 e.